The Labute approximate surface area is 104 Å². The molecule has 1 fully saturated rings. The lowest BCUT2D eigenvalue weighted by Gasteiger charge is -2.21. The minimum Gasteiger partial charge on any atom is -0.363 e. The topological polar surface area (TPSA) is 24.9 Å². The Balaban J connectivity index is 2.08. The number of nitrogens with one attached hydrogen (secondary N) is 1. The molecule has 1 aliphatic carbocycles. The molecule has 1 N–H and O–H groups in total. The van der Waals surface area contributed by atoms with Crippen molar-refractivity contribution in [2.75, 3.05) is 5.32 Å². The van der Waals surface area contributed by atoms with Crippen LogP contribution in [0.15, 0.2) is 12.3 Å². The van der Waals surface area contributed by atoms with Crippen LogP contribution in [0.25, 0.3) is 0 Å². The molecule has 5 heteroatoms. The van der Waals surface area contributed by atoms with Crippen molar-refractivity contribution in [1.29, 1.82) is 0 Å². The zero-order valence-corrected chi connectivity index (χ0v) is 10.2. The van der Waals surface area contributed by atoms with Gasteiger partial charge < -0.3 is 5.32 Å². The molecule has 1 aliphatic rings. The normalized spacial score (nSPS) is 25.4. The van der Waals surface area contributed by atoms with Crippen LogP contribution in [-0.2, 0) is 0 Å². The number of hydrogen-bond donors (Lipinski definition) is 1. The van der Waals surface area contributed by atoms with Crippen LogP contribution < -0.4 is 5.32 Å². The molecule has 1 heterocycles. The van der Waals surface area contributed by atoms with Crippen LogP contribution in [-0.4, -0.2) is 16.4 Å². The minimum absolute atomic E-state index is 0.00614. The van der Waals surface area contributed by atoms with Crippen molar-refractivity contribution in [1.82, 2.24) is 4.98 Å². The number of rotatable bonds is 2. The quantitative estimate of drug-likeness (QED) is 0.648. The fourth-order valence-corrected chi connectivity index (χ4v) is 2.46. The zero-order chi connectivity index (χ0) is 12.3. The van der Waals surface area contributed by atoms with E-state index in [1.165, 1.54) is 0 Å². The molecule has 1 aromatic rings. The van der Waals surface area contributed by atoms with E-state index in [-0.39, 0.29) is 17.2 Å². The van der Waals surface area contributed by atoms with Crippen LogP contribution in [0.2, 0.25) is 0 Å². The number of pyridine rings is 1. The minimum atomic E-state index is -0.670. The van der Waals surface area contributed by atoms with E-state index in [0.717, 1.165) is 44.4 Å². The maximum atomic E-state index is 13.4. The first kappa shape index (κ1) is 12.6. The van der Waals surface area contributed by atoms with Crippen LogP contribution in [0, 0.1) is 11.6 Å². The first-order valence-electron chi connectivity index (χ1n) is 5.88. The summed E-state index contributed by atoms with van der Waals surface area (Å²) in [5.74, 6) is -1.25. The van der Waals surface area contributed by atoms with Gasteiger partial charge in [-0.05, 0) is 12.8 Å². The van der Waals surface area contributed by atoms with Crippen molar-refractivity contribution in [2.45, 2.75) is 43.5 Å². The smallest absolute Gasteiger partial charge is 0.168 e. The highest BCUT2D eigenvalue weighted by molar-refractivity contribution is 6.21. The molecule has 94 valence electrons. The van der Waals surface area contributed by atoms with Gasteiger partial charge in [0.1, 0.15) is 5.82 Å². The van der Waals surface area contributed by atoms with Crippen molar-refractivity contribution >= 4 is 17.4 Å². The van der Waals surface area contributed by atoms with Crippen LogP contribution in [0.5, 0.6) is 0 Å². The molecule has 1 aromatic heterocycles. The molecule has 0 aliphatic heterocycles. The summed E-state index contributed by atoms with van der Waals surface area (Å²) in [4.78, 5) is 3.72. The number of nitrogens with zero attached hydrogens (tertiary/aromatic N) is 1. The summed E-state index contributed by atoms with van der Waals surface area (Å²) < 4.78 is 26.1. The largest absolute Gasteiger partial charge is 0.363 e. The lowest BCUT2D eigenvalue weighted by molar-refractivity contribution is 0.565. The van der Waals surface area contributed by atoms with E-state index >= 15 is 0 Å². The average molecular weight is 261 g/mol. The predicted molar refractivity (Wildman–Crippen MR) is 64.3 cm³/mol. The highest BCUT2D eigenvalue weighted by Crippen LogP contribution is 2.25. The summed E-state index contributed by atoms with van der Waals surface area (Å²) in [6, 6.07) is 0.835. The lowest BCUT2D eigenvalue weighted by Crippen LogP contribution is -2.29. The number of anilines is 1. The molecule has 0 radical (unpaired) electrons. The Kier molecular flexibility index (Phi) is 4.15. The van der Waals surface area contributed by atoms with Crippen molar-refractivity contribution in [3.05, 3.63) is 23.9 Å². The second-order valence-electron chi connectivity index (χ2n) is 4.39. The first-order chi connectivity index (χ1) is 8.16. The molecular formula is C12H15ClF2N2. The summed E-state index contributed by atoms with van der Waals surface area (Å²) in [5.41, 5.74) is 0. The number of hydrogen-bond acceptors (Lipinski definition) is 2. The Hall–Kier alpha value is -0.900. The molecule has 0 bridgehead atoms. The molecular weight excluding hydrogens is 246 g/mol. The Morgan fingerprint density at radius 2 is 2.00 bits per heavy atom. The highest BCUT2D eigenvalue weighted by atomic mass is 35.5. The van der Waals surface area contributed by atoms with Gasteiger partial charge in [-0.1, -0.05) is 19.3 Å². The fraction of sp³-hybridized carbons (Fsp3) is 0.583. The average Bonchev–Trinajstić information content (AvgIpc) is 2.48. The van der Waals surface area contributed by atoms with E-state index in [1.807, 2.05) is 0 Å². The zero-order valence-electron chi connectivity index (χ0n) is 9.43. The Morgan fingerprint density at radius 3 is 2.76 bits per heavy atom. The maximum Gasteiger partial charge on any atom is 0.168 e. The van der Waals surface area contributed by atoms with E-state index in [9.17, 15) is 8.78 Å². The third-order valence-corrected chi connectivity index (χ3v) is 3.58. The monoisotopic (exact) mass is 260 g/mol. The van der Waals surface area contributed by atoms with Crippen molar-refractivity contribution in [3.63, 3.8) is 0 Å². The van der Waals surface area contributed by atoms with Gasteiger partial charge in [0.25, 0.3) is 0 Å². The van der Waals surface area contributed by atoms with Gasteiger partial charge in [-0.25, -0.2) is 13.8 Å². The lowest BCUT2D eigenvalue weighted by atomic mass is 10.1. The molecule has 0 aromatic carbocycles. The van der Waals surface area contributed by atoms with Gasteiger partial charge in [0.05, 0.1) is 11.6 Å². The van der Waals surface area contributed by atoms with Crippen molar-refractivity contribution < 1.29 is 8.78 Å². The summed E-state index contributed by atoms with van der Waals surface area (Å²) >= 11 is 6.23. The van der Waals surface area contributed by atoms with E-state index in [4.69, 9.17) is 11.6 Å². The summed E-state index contributed by atoms with van der Waals surface area (Å²) in [7, 11) is 0. The van der Waals surface area contributed by atoms with Crippen LogP contribution in [0.4, 0.5) is 14.6 Å². The van der Waals surface area contributed by atoms with Crippen LogP contribution in [0.1, 0.15) is 32.1 Å². The Morgan fingerprint density at radius 1 is 1.24 bits per heavy atom. The number of aromatic nitrogens is 1. The van der Waals surface area contributed by atoms with E-state index in [0.29, 0.717) is 0 Å². The molecule has 0 spiro atoms. The maximum absolute atomic E-state index is 13.4. The number of alkyl halides is 1. The van der Waals surface area contributed by atoms with Gasteiger partial charge in [0, 0.05) is 12.1 Å². The molecule has 0 amide bonds. The SMILES string of the molecule is Fc1cnc(NC2CCCCCC2Cl)c(F)c1. The first-order valence-corrected chi connectivity index (χ1v) is 6.32. The van der Waals surface area contributed by atoms with Gasteiger partial charge in [-0.15, -0.1) is 11.6 Å². The van der Waals surface area contributed by atoms with Crippen LogP contribution in [0.3, 0.4) is 0 Å². The molecule has 2 atom stereocenters. The summed E-state index contributed by atoms with van der Waals surface area (Å²) in [6.45, 7) is 0. The van der Waals surface area contributed by atoms with Gasteiger partial charge in [-0.3, -0.25) is 0 Å². The second kappa shape index (κ2) is 5.63. The molecule has 1 saturated carbocycles. The van der Waals surface area contributed by atoms with Crippen LogP contribution >= 0.6 is 11.6 Å². The third-order valence-electron chi connectivity index (χ3n) is 3.06. The Bertz CT molecular complexity index is 387. The predicted octanol–water partition coefficient (Wildman–Crippen LogP) is 3.71. The fourth-order valence-electron chi connectivity index (χ4n) is 2.12. The molecule has 2 nitrogen and oxygen atoms in total. The summed E-state index contributed by atoms with van der Waals surface area (Å²) in [6.07, 6.45) is 6.15. The van der Waals surface area contributed by atoms with E-state index in [1.54, 1.807) is 0 Å². The molecule has 2 unspecified atom stereocenters. The molecule has 2 rings (SSSR count). The molecule has 0 saturated heterocycles. The number of halogens is 3. The van der Waals surface area contributed by atoms with Gasteiger partial charge in [0.15, 0.2) is 11.6 Å². The van der Waals surface area contributed by atoms with E-state index < -0.39 is 11.6 Å². The van der Waals surface area contributed by atoms with Crippen molar-refractivity contribution in [3.8, 4) is 0 Å². The van der Waals surface area contributed by atoms with Gasteiger partial charge in [0.2, 0.25) is 0 Å². The van der Waals surface area contributed by atoms with E-state index in [2.05, 4.69) is 10.3 Å². The summed E-state index contributed by atoms with van der Waals surface area (Å²) in [5, 5.41) is 2.96. The second-order valence-corrected chi connectivity index (χ2v) is 4.95. The van der Waals surface area contributed by atoms with Crippen molar-refractivity contribution in [2.24, 2.45) is 0 Å². The standard InChI is InChI=1S/C12H15ClF2N2/c13-9-4-2-1-3-5-11(9)17-12-10(15)6-8(14)7-16-12/h6-7,9,11H,1-5H2,(H,16,17). The van der Waals surface area contributed by atoms with Gasteiger partial charge in [-0.2, -0.15) is 0 Å². The third kappa shape index (κ3) is 3.28. The van der Waals surface area contributed by atoms with Gasteiger partial charge >= 0.3 is 0 Å². The highest BCUT2D eigenvalue weighted by Gasteiger charge is 2.22. The molecule has 17 heavy (non-hydrogen) atoms.